The number of nitrogens with two attached hydrogens (primary N) is 2. The number of aliphatic hydroxyl groups is 1. The minimum absolute atomic E-state index is 0.169. The molecule has 14 heteroatoms. The number of carboxylic acids is 1. The van der Waals surface area contributed by atoms with Crippen LogP contribution in [0.5, 0.6) is 0 Å². The third kappa shape index (κ3) is 12.1. The van der Waals surface area contributed by atoms with Crippen LogP contribution in [0, 0.1) is 11.8 Å². The second-order valence-electron chi connectivity index (χ2n) is 9.04. The number of carbonyl (C=O) groups is 6. The summed E-state index contributed by atoms with van der Waals surface area (Å²) in [5, 5.41) is 27.7. The van der Waals surface area contributed by atoms with Crippen LogP contribution in [0.4, 0.5) is 0 Å². The highest BCUT2D eigenvalue weighted by atomic mass is 16.4. The van der Waals surface area contributed by atoms with Crippen LogP contribution >= 0.6 is 0 Å². The summed E-state index contributed by atoms with van der Waals surface area (Å²) < 4.78 is 0. The van der Waals surface area contributed by atoms with Gasteiger partial charge >= 0.3 is 5.97 Å². The number of amides is 5. The normalized spacial score (nSPS) is 15.3. The first-order chi connectivity index (χ1) is 16.1. The predicted octanol–water partition coefficient (Wildman–Crippen LogP) is -3.07. The van der Waals surface area contributed by atoms with E-state index in [2.05, 4.69) is 16.0 Å². The van der Waals surface area contributed by atoms with Crippen LogP contribution < -0.4 is 32.7 Å². The third-order valence-corrected chi connectivity index (χ3v) is 4.84. The molecule has 0 aliphatic heterocycles. The van der Waals surface area contributed by atoms with Gasteiger partial charge in [-0.25, -0.2) is 4.79 Å². The van der Waals surface area contributed by atoms with Crippen LogP contribution in [0.25, 0.3) is 0 Å². The smallest absolute Gasteiger partial charge is 0.328 e. The summed E-state index contributed by atoms with van der Waals surface area (Å²) in [5.74, 6) is -5.79. The van der Waals surface area contributed by atoms with Gasteiger partial charge in [0.15, 0.2) is 6.04 Å². The van der Waals surface area contributed by atoms with E-state index in [1.54, 1.807) is 13.8 Å². The molecule has 0 unspecified atom stereocenters. The first-order valence-electron chi connectivity index (χ1n) is 11.2. The molecule has 0 fully saturated rings. The molecule has 0 heterocycles. The van der Waals surface area contributed by atoms with Gasteiger partial charge in [0.25, 0.3) is 0 Å². The van der Waals surface area contributed by atoms with Crippen molar-refractivity contribution in [2.75, 3.05) is 6.54 Å². The van der Waals surface area contributed by atoms with E-state index in [1.165, 1.54) is 0 Å². The molecule has 0 aliphatic rings. The van der Waals surface area contributed by atoms with Gasteiger partial charge < -0.3 is 42.9 Å². The Morgan fingerprint density at radius 3 is 1.80 bits per heavy atom. The van der Waals surface area contributed by atoms with Gasteiger partial charge in [0, 0.05) is 0 Å². The van der Waals surface area contributed by atoms with E-state index in [1.807, 2.05) is 19.2 Å². The Labute approximate surface area is 203 Å². The highest BCUT2D eigenvalue weighted by Gasteiger charge is 2.31. The summed E-state index contributed by atoms with van der Waals surface area (Å²) in [7, 11) is 0. The Morgan fingerprint density at radius 2 is 1.37 bits per heavy atom. The van der Waals surface area contributed by atoms with Crippen LogP contribution in [-0.4, -0.2) is 82.5 Å². The second kappa shape index (κ2) is 14.9. The molecule has 0 aromatic carbocycles. The maximum absolute atomic E-state index is 12.6. The molecule has 200 valence electrons. The van der Waals surface area contributed by atoms with E-state index in [0.29, 0.717) is 6.42 Å². The molecule has 14 nitrogen and oxygen atoms in total. The average molecular weight is 503 g/mol. The molecule has 0 aliphatic carbocycles. The molecule has 0 aromatic heterocycles. The minimum atomic E-state index is -1.69. The first-order valence-corrected chi connectivity index (χ1v) is 11.2. The van der Waals surface area contributed by atoms with Gasteiger partial charge in [-0.05, 0) is 25.2 Å². The molecular formula is C21H38N6O8. The van der Waals surface area contributed by atoms with E-state index >= 15 is 0 Å². The number of aliphatic hydroxyl groups excluding tert-OH is 1. The lowest BCUT2D eigenvalue weighted by Crippen LogP contribution is -2.57. The number of aliphatic carboxylic acids is 1. The van der Waals surface area contributed by atoms with Gasteiger partial charge in [0.05, 0.1) is 25.1 Å². The van der Waals surface area contributed by atoms with Crippen molar-refractivity contribution in [3.05, 3.63) is 0 Å². The summed E-state index contributed by atoms with van der Waals surface area (Å²) in [6.45, 7) is 7.69. The fourth-order valence-electron chi connectivity index (χ4n) is 2.99. The van der Waals surface area contributed by atoms with Crippen molar-refractivity contribution in [2.24, 2.45) is 23.3 Å². The third-order valence-electron chi connectivity index (χ3n) is 4.84. The van der Waals surface area contributed by atoms with Crippen LogP contribution in [-0.2, 0) is 28.8 Å². The maximum atomic E-state index is 12.6. The zero-order chi connectivity index (χ0) is 27.5. The summed E-state index contributed by atoms with van der Waals surface area (Å²) in [5.41, 5.74) is 10.9. The number of primary amides is 1. The SMILES string of the molecule is CC(C)C[C@H](N)C(=O)N[C@H](C(=O)NCC(=O)N[C@@H](CC(N)=O)C(=O)N[C@H](C(=O)O)[C@@H](C)O)C(C)C. The standard InChI is InChI=1S/C21H38N6O8/c1-9(2)6-12(22)18(31)26-16(10(3)4)20(33)24-8-15(30)25-13(7-14(23)29)19(32)27-17(11(5)28)21(34)35/h9-13,16-17,28H,6-8,22H2,1-5H3,(H2,23,29)(H,24,33)(H,25,30)(H,26,31)(H,27,32)(H,34,35)/t11-,12+,13+,16+,17+/m1/s1. The molecule has 0 aromatic rings. The number of hydrogen-bond acceptors (Lipinski definition) is 8. The summed E-state index contributed by atoms with van der Waals surface area (Å²) in [6, 6.07) is -5.03. The number of hydrogen-bond donors (Lipinski definition) is 8. The van der Waals surface area contributed by atoms with E-state index in [9.17, 15) is 33.9 Å². The van der Waals surface area contributed by atoms with Crippen LogP contribution in [0.15, 0.2) is 0 Å². The molecule has 10 N–H and O–H groups in total. The second-order valence-corrected chi connectivity index (χ2v) is 9.04. The summed E-state index contributed by atoms with van der Waals surface area (Å²) in [6.07, 6.45) is -1.70. The van der Waals surface area contributed by atoms with Crippen LogP contribution in [0.1, 0.15) is 47.5 Å². The predicted molar refractivity (Wildman–Crippen MR) is 124 cm³/mol. The van der Waals surface area contributed by atoms with Gasteiger partial charge in [-0.2, -0.15) is 0 Å². The van der Waals surface area contributed by atoms with E-state index in [0.717, 1.165) is 6.92 Å². The molecule has 0 spiro atoms. The van der Waals surface area contributed by atoms with Crippen LogP contribution in [0.2, 0.25) is 0 Å². The zero-order valence-corrected chi connectivity index (χ0v) is 20.7. The molecule has 0 saturated heterocycles. The van der Waals surface area contributed by atoms with Gasteiger partial charge in [-0.3, -0.25) is 24.0 Å². The van der Waals surface area contributed by atoms with Gasteiger partial charge in [-0.15, -0.1) is 0 Å². The Hall–Kier alpha value is -3.26. The van der Waals surface area contributed by atoms with Gasteiger partial charge in [0.1, 0.15) is 12.1 Å². The Kier molecular flexibility index (Phi) is 13.5. The highest BCUT2D eigenvalue weighted by Crippen LogP contribution is 2.06. The molecular weight excluding hydrogens is 464 g/mol. The van der Waals surface area contributed by atoms with Crippen LogP contribution in [0.3, 0.4) is 0 Å². The number of carbonyl (C=O) groups excluding carboxylic acids is 5. The van der Waals surface area contributed by atoms with Crippen molar-refractivity contribution >= 4 is 35.5 Å². The molecule has 0 bridgehead atoms. The Balaban J connectivity index is 5.14. The van der Waals surface area contributed by atoms with Crippen molar-refractivity contribution in [3.63, 3.8) is 0 Å². The monoisotopic (exact) mass is 502 g/mol. The van der Waals surface area contributed by atoms with Crippen molar-refractivity contribution in [2.45, 2.75) is 77.7 Å². The number of nitrogens with one attached hydrogen (secondary N) is 4. The largest absolute Gasteiger partial charge is 0.480 e. The molecule has 0 radical (unpaired) electrons. The zero-order valence-electron chi connectivity index (χ0n) is 20.7. The quantitative estimate of drug-likeness (QED) is 0.113. The molecule has 5 atom stereocenters. The fraction of sp³-hybridized carbons (Fsp3) is 0.714. The minimum Gasteiger partial charge on any atom is -0.480 e. The topological polar surface area (TPSA) is 243 Å². The number of carboxylic acid groups (broad SMARTS) is 1. The summed E-state index contributed by atoms with van der Waals surface area (Å²) in [4.78, 5) is 72.0. The first kappa shape index (κ1) is 31.7. The van der Waals surface area contributed by atoms with Crippen molar-refractivity contribution in [1.82, 2.24) is 21.3 Å². The van der Waals surface area contributed by atoms with E-state index < -0.39 is 78.7 Å². The van der Waals surface area contributed by atoms with E-state index in [-0.39, 0.29) is 11.8 Å². The molecule has 5 amide bonds. The lowest BCUT2D eigenvalue weighted by atomic mass is 10.0. The average Bonchev–Trinajstić information content (AvgIpc) is 2.71. The lowest BCUT2D eigenvalue weighted by molar-refractivity contribution is -0.145. The van der Waals surface area contributed by atoms with Crippen molar-refractivity contribution in [1.29, 1.82) is 0 Å². The Bertz CT molecular complexity index is 786. The summed E-state index contributed by atoms with van der Waals surface area (Å²) >= 11 is 0. The van der Waals surface area contributed by atoms with Gasteiger partial charge in [0.2, 0.25) is 29.5 Å². The van der Waals surface area contributed by atoms with Gasteiger partial charge in [-0.1, -0.05) is 27.7 Å². The lowest BCUT2D eigenvalue weighted by Gasteiger charge is -2.24. The van der Waals surface area contributed by atoms with Crippen molar-refractivity contribution < 1.29 is 39.0 Å². The fourth-order valence-corrected chi connectivity index (χ4v) is 2.99. The molecule has 35 heavy (non-hydrogen) atoms. The Morgan fingerprint density at radius 1 is 0.829 bits per heavy atom. The highest BCUT2D eigenvalue weighted by molar-refractivity contribution is 5.95. The maximum Gasteiger partial charge on any atom is 0.328 e. The van der Waals surface area contributed by atoms with E-state index in [4.69, 9.17) is 16.6 Å². The number of rotatable bonds is 15. The molecule has 0 saturated carbocycles. The molecule has 0 rings (SSSR count). The van der Waals surface area contributed by atoms with Crippen molar-refractivity contribution in [3.8, 4) is 0 Å².